The monoisotopic (exact) mass is 250 g/mol. The van der Waals surface area contributed by atoms with Crippen molar-refractivity contribution in [2.45, 2.75) is 26.8 Å². The lowest BCUT2D eigenvalue weighted by Gasteiger charge is -2.26. The Bertz CT molecular complexity index is 374. The van der Waals surface area contributed by atoms with Gasteiger partial charge in [0, 0.05) is 30.4 Å². The molecule has 0 aliphatic heterocycles. The number of anilines is 1. The molecule has 0 heterocycles. The summed E-state index contributed by atoms with van der Waals surface area (Å²) in [5, 5.41) is 12.2. The molecule has 0 aliphatic rings. The van der Waals surface area contributed by atoms with Crippen molar-refractivity contribution in [3.63, 3.8) is 0 Å². The molecule has 0 bridgehead atoms. The van der Waals surface area contributed by atoms with Crippen LogP contribution >= 0.6 is 0 Å². The molecule has 1 rings (SSSR count). The lowest BCUT2D eigenvalue weighted by molar-refractivity contribution is 0.0665. The lowest BCUT2D eigenvalue weighted by Crippen LogP contribution is -2.38. The number of benzene rings is 1. The van der Waals surface area contributed by atoms with E-state index in [2.05, 4.69) is 5.32 Å². The second kappa shape index (κ2) is 7.01. The molecule has 0 radical (unpaired) electrons. The standard InChI is InChI=1S/C14H22N2O2/c1-4-15-13-7-5-12(6-8-13)14(18)16(9-10-17)11(2)3/h5-8,11,15,17H,4,9-10H2,1-3H3. The van der Waals surface area contributed by atoms with E-state index >= 15 is 0 Å². The normalized spacial score (nSPS) is 10.5. The Kier molecular flexibility index (Phi) is 5.65. The minimum absolute atomic E-state index is 0.0145. The van der Waals surface area contributed by atoms with Gasteiger partial charge in [-0.25, -0.2) is 0 Å². The molecule has 4 heteroatoms. The molecular weight excluding hydrogens is 228 g/mol. The van der Waals surface area contributed by atoms with Crippen molar-refractivity contribution in [1.82, 2.24) is 4.90 Å². The largest absolute Gasteiger partial charge is 0.395 e. The van der Waals surface area contributed by atoms with Crippen LogP contribution in [0.2, 0.25) is 0 Å². The van der Waals surface area contributed by atoms with Gasteiger partial charge in [-0.2, -0.15) is 0 Å². The van der Waals surface area contributed by atoms with Crippen LogP contribution in [-0.4, -0.2) is 41.7 Å². The maximum Gasteiger partial charge on any atom is 0.254 e. The Balaban J connectivity index is 2.81. The fourth-order valence-electron chi connectivity index (χ4n) is 1.80. The maximum atomic E-state index is 12.2. The second-order valence-corrected chi connectivity index (χ2v) is 4.42. The number of nitrogens with zero attached hydrogens (tertiary/aromatic N) is 1. The van der Waals surface area contributed by atoms with E-state index in [4.69, 9.17) is 5.11 Å². The SMILES string of the molecule is CCNc1ccc(C(=O)N(CCO)C(C)C)cc1. The first-order chi connectivity index (χ1) is 8.60. The van der Waals surface area contributed by atoms with Gasteiger partial charge in [0.2, 0.25) is 0 Å². The molecule has 4 nitrogen and oxygen atoms in total. The highest BCUT2D eigenvalue weighted by Crippen LogP contribution is 2.12. The Labute approximate surface area is 109 Å². The second-order valence-electron chi connectivity index (χ2n) is 4.42. The number of amides is 1. The topological polar surface area (TPSA) is 52.6 Å². The predicted molar refractivity (Wildman–Crippen MR) is 73.9 cm³/mol. The number of nitrogens with one attached hydrogen (secondary N) is 1. The fraction of sp³-hybridized carbons (Fsp3) is 0.500. The highest BCUT2D eigenvalue weighted by molar-refractivity contribution is 5.94. The van der Waals surface area contributed by atoms with E-state index < -0.39 is 0 Å². The molecule has 1 amide bonds. The molecule has 2 N–H and O–H groups in total. The zero-order valence-corrected chi connectivity index (χ0v) is 11.3. The first-order valence-electron chi connectivity index (χ1n) is 6.36. The molecule has 0 fully saturated rings. The quantitative estimate of drug-likeness (QED) is 0.811. The molecule has 1 aromatic rings. The van der Waals surface area contributed by atoms with Gasteiger partial charge in [-0.1, -0.05) is 0 Å². The zero-order valence-electron chi connectivity index (χ0n) is 11.3. The molecule has 0 spiro atoms. The van der Waals surface area contributed by atoms with E-state index in [9.17, 15) is 4.79 Å². The van der Waals surface area contributed by atoms with Crippen molar-refractivity contribution in [2.75, 3.05) is 25.0 Å². The van der Waals surface area contributed by atoms with Crippen LogP contribution < -0.4 is 5.32 Å². The van der Waals surface area contributed by atoms with E-state index in [0.29, 0.717) is 12.1 Å². The Morgan fingerprint density at radius 1 is 1.33 bits per heavy atom. The molecule has 100 valence electrons. The van der Waals surface area contributed by atoms with Gasteiger partial charge >= 0.3 is 0 Å². The van der Waals surface area contributed by atoms with Crippen LogP contribution in [0, 0.1) is 0 Å². The molecule has 18 heavy (non-hydrogen) atoms. The predicted octanol–water partition coefficient (Wildman–Crippen LogP) is 1.96. The van der Waals surface area contributed by atoms with Gasteiger partial charge in [-0.05, 0) is 45.0 Å². The van der Waals surface area contributed by atoms with Gasteiger partial charge in [0.15, 0.2) is 0 Å². The number of carbonyl (C=O) groups excluding carboxylic acids is 1. The fourth-order valence-corrected chi connectivity index (χ4v) is 1.80. The van der Waals surface area contributed by atoms with Crippen LogP contribution in [0.15, 0.2) is 24.3 Å². The van der Waals surface area contributed by atoms with Gasteiger partial charge in [-0.3, -0.25) is 4.79 Å². The third kappa shape index (κ3) is 3.74. The van der Waals surface area contributed by atoms with Gasteiger partial charge in [0.05, 0.1) is 6.61 Å². The number of aliphatic hydroxyl groups is 1. The van der Waals surface area contributed by atoms with Crippen molar-refractivity contribution in [3.05, 3.63) is 29.8 Å². The first kappa shape index (κ1) is 14.5. The van der Waals surface area contributed by atoms with E-state index in [0.717, 1.165) is 12.2 Å². The summed E-state index contributed by atoms with van der Waals surface area (Å²) in [6.45, 7) is 7.13. The third-order valence-electron chi connectivity index (χ3n) is 2.74. The van der Waals surface area contributed by atoms with E-state index in [1.54, 1.807) is 4.90 Å². The van der Waals surface area contributed by atoms with Crippen LogP contribution in [0.25, 0.3) is 0 Å². The number of rotatable bonds is 6. The number of hydrogen-bond acceptors (Lipinski definition) is 3. The van der Waals surface area contributed by atoms with Gasteiger partial charge in [0.1, 0.15) is 0 Å². The van der Waals surface area contributed by atoms with E-state index in [-0.39, 0.29) is 18.6 Å². The molecule has 0 aromatic heterocycles. The summed E-state index contributed by atoms with van der Waals surface area (Å²) in [6, 6.07) is 7.50. The molecule has 0 saturated heterocycles. The number of carbonyl (C=O) groups is 1. The van der Waals surface area contributed by atoms with Crippen LogP contribution in [0.1, 0.15) is 31.1 Å². The molecular formula is C14H22N2O2. The van der Waals surface area contributed by atoms with Crippen LogP contribution in [0.5, 0.6) is 0 Å². The number of hydrogen-bond donors (Lipinski definition) is 2. The maximum absolute atomic E-state index is 12.2. The van der Waals surface area contributed by atoms with E-state index in [1.807, 2.05) is 45.0 Å². The molecule has 0 unspecified atom stereocenters. The molecule has 1 aromatic carbocycles. The van der Waals surface area contributed by atoms with Crippen LogP contribution in [0.3, 0.4) is 0 Å². The van der Waals surface area contributed by atoms with Crippen molar-refractivity contribution in [2.24, 2.45) is 0 Å². The number of aliphatic hydroxyl groups excluding tert-OH is 1. The average molecular weight is 250 g/mol. The highest BCUT2D eigenvalue weighted by atomic mass is 16.3. The van der Waals surface area contributed by atoms with Crippen molar-refractivity contribution in [3.8, 4) is 0 Å². The Morgan fingerprint density at radius 3 is 2.39 bits per heavy atom. The molecule has 0 saturated carbocycles. The Hall–Kier alpha value is -1.55. The summed E-state index contributed by atoms with van der Waals surface area (Å²) in [7, 11) is 0. The minimum Gasteiger partial charge on any atom is -0.395 e. The zero-order chi connectivity index (χ0) is 13.5. The van der Waals surface area contributed by atoms with Crippen molar-refractivity contribution < 1.29 is 9.90 Å². The average Bonchev–Trinajstić information content (AvgIpc) is 2.36. The molecule has 0 atom stereocenters. The molecule has 0 aliphatic carbocycles. The smallest absolute Gasteiger partial charge is 0.254 e. The van der Waals surface area contributed by atoms with Crippen LogP contribution in [-0.2, 0) is 0 Å². The third-order valence-corrected chi connectivity index (χ3v) is 2.74. The minimum atomic E-state index is -0.0397. The Morgan fingerprint density at radius 2 is 1.94 bits per heavy atom. The van der Waals surface area contributed by atoms with Crippen molar-refractivity contribution in [1.29, 1.82) is 0 Å². The summed E-state index contributed by atoms with van der Waals surface area (Å²) in [4.78, 5) is 13.9. The first-order valence-corrected chi connectivity index (χ1v) is 6.36. The van der Waals surface area contributed by atoms with Gasteiger partial charge in [-0.15, -0.1) is 0 Å². The summed E-state index contributed by atoms with van der Waals surface area (Å²) < 4.78 is 0. The van der Waals surface area contributed by atoms with Crippen LogP contribution in [0.4, 0.5) is 5.69 Å². The summed E-state index contributed by atoms with van der Waals surface area (Å²) in [6.07, 6.45) is 0. The van der Waals surface area contributed by atoms with Crippen molar-refractivity contribution >= 4 is 11.6 Å². The lowest BCUT2D eigenvalue weighted by atomic mass is 10.1. The van der Waals surface area contributed by atoms with E-state index in [1.165, 1.54) is 0 Å². The van der Waals surface area contributed by atoms with Gasteiger partial charge in [0.25, 0.3) is 5.91 Å². The summed E-state index contributed by atoms with van der Waals surface area (Å²) in [5.41, 5.74) is 1.66. The summed E-state index contributed by atoms with van der Waals surface area (Å²) in [5.74, 6) is -0.0397. The van der Waals surface area contributed by atoms with Gasteiger partial charge < -0.3 is 15.3 Å². The summed E-state index contributed by atoms with van der Waals surface area (Å²) >= 11 is 0. The highest BCUT2D eigenvalue weighted by Gasteiger charge is 2.17.